The standard InChI is InChI=1S/C20H25N/c1-2-10-20-16(5-1)6-3-8-18(20)14-21-19-9-4-7-17(13-19)15-11-12-15/h1-3,5-6,8,10,15,17,19,21H,4,7,9,11-14H2. The molecule has 21 heavy (non-hydrogen) atoms. The molecular weight excluding hydrogens is 254 g/mol. The second-order valence-electron chi connectivity index (χ2n) is 6.98. The molecule has 0 heterocycles. The van der Waals surface area contributed by atoms with Crippen molar-refractivity contribution in [2.75, 3.05) is 0 Å². The van der Waals surface area contributed by atoms with Gasteiger partial charge < -0.3 is 5.32 Å². The predicted octanol–water partition coefficient (Wildman–Crippen LogP) is 4.90. The van der Waals surface area contributed by atoms with Gasteiger partial charge >= 0.3 is 0 Å². The average Bonchev–Trinajstić information content (AvgIpc) is 3.38. The Balaban J connectivity index is 1.43. The van der Waals surface area contributed by atoms with Crippen LogP contribution in [-0.2, 0) is 6.54 Å². The van der Waals surface area contributed by atoms with E-state index in [0.29, 0.717) is 0 Å². The maximum absolute atomic E-state index is 3.84. The predicted molar refractivity (Wildman–Crippen MR) is 89.3 cm³/mol. The molecule has 2 unspecified atom stereocenters. The van der Waals surface area contributed by atoms with Crippen LogP contribution in [0.25, 0.3) is 10.8 Å². The van der Waals surface area contributed by atoms with E-state index < -0.39 is 0 Å². The summed E-state index contributed by atoms with van der Waals surface area (Å²) in [6, 6.07) is 16.1. The van der Waals surface area contributed by atoms with Crippen LogP contribution in [0.4, 0.5) is 0 Å². The molecule has 0 spiro atoms. The molecule has 2 atom stereocenters. The van der Waals surface area contributed by atoms with Crippen LogP contribution in [0.15, 0.2) is 42.5 Å². The van der Waals surface area contributed by atoms with Gasteiger partial charge in [0.25, 0.3) is 0 Å². The van der Waals surface area contributed by atoms with Crippen molar-refractivity contribution in [1.29, 1.82) is 0 Å². The van der Waals surface area contributed by atoms with Crippen LogP contribution in [0.5, 0.6) is 0 Å². The van der Waals surface area contributed by atoms with Gasteiger partial charge in [0.1, 0.15) is 0 Å². The second kappa shape index (κ2) is 5.81. The Morgan fingerprint density at radius 2 is 1.71 bits per heavy atom. The lowest BCUT2D eigenvalue weighted by Gasteiger charge is -2.30. The van der Waals surface area contributed by atoms with E-state index >= 15 is 0 Å². The zero-order valence-corrected chi connectivity index (χ0v) is 12.7. The molecule has 2 fully saturated rings. The Kier molecular flexibility index (Phi) is 3.69. The molecule has 2 saturated carbocycles. The Hall–Kier alpha value is -1.34. The topological polar surface area (TPSA) is 12.0 Å². The molecule has 0 amide bonds. The van der Waals surface area contributed by atoms with Crippen LogP contribution in [0.2, 0.25) is 0 Å². The highest BCUT2D eigenvalue weighted by Crippen LogP contribution is 2.43. The van der Waals surface area contributed by atoms with Gasteiger partial charge in [-0.3, -0.25) is 0 Å². The zero-order chi connectivity index (χ0) is 14.1. The monoisotopic (exact) mass is 279 g/mol. The largest absolute Gasteiger partial charge is 0.310 e. The van der Waals surface area contributed by atoms with Crippen molar-refractivity contribution in [3.63, 3.8) is 0 Å². The minimum Gasteiger partial charge on any atom is -0.310 e. The van der Waals surface area contributed by atoms with Crippen LogP contribution >= 0.6 is 0 Å². The summed E-state index contributed by atoms with van der Waals surface area (Å²) in [6.07, 6.45) is 8.69. The van der Waals surface area contributed by atoms with Crippen molar-refractivity contribution >= 4 is 10.8 Å². The molecule has 2 aromatic carbocycles. The molecule has 0 bridgehead atoms. The number of rotatable bonds is 4. The van der Waals surface area contributed by atoms with E-state index in [1.165, 1.54) is 54.9 Å². The molecular formula is C20H25N. The summed E-state index contributed by atoms with van der Waals surface area (Å²) in [5, 5.41) is 6.61. The average molecular weight is 279 g/mol. The summed E-state index contributed by atoms with van der Waals surface area (Å²) in [5.74, 6) is 2.09. The zero-order valence-electron chi connectivity index (χ0n) is 12.7. The first-order valence-electron chi connectivity index (χ1n) is 8.60. The molecule has 0 aliphatic heterocycles. The summed E-state index contributed by atoms with van der Waals surface area (Å²) in [7, 11) is 0. The normalized spacial score (nSPS) is 26.1. The van der Waals surface area contributed by atoms with E-state index in [-0.39, 0.29) is 0 Å². The Morgan fingerprint density at radius 1 is 0.857 bits per heavy atom. The van der Waals surface area contributed by atoms with Gasteiger partial charge in [-0.25, -0.2) is 0 Å². The van der Waals surface area contributed by atoms with Crippen LogP contribution in [0, 0.1) is 11.8 Å². The Labute approximate surface area is 127 Å². The van der Waals surface area contributed by atoms with Gasteiger partial charge in [0, 0.05) is 12.6 Å². The summed E-state index contributed by atoms with van der Waals surface area (Å²) >= 11 is 0. The van der Waals surface area contributed by atoms with E-state index in [4.69, 9.17) is 0 Å². The van der Waals surface area contributed by atoms with Gasteiger partial charge in [-0.15, -0.1) is 0 Å². The van der Waals surface area contributed by atoms with Crippen LogP contribution < -0.4 is 5.32 Å². The maximum atomic E-state index is 3.84. The number of fused-ring (bicyclic) bond motifs is 1. The number of benzene rings is 2. The molecule has 0 radical (unpaired) electrons. The molecule has 2 aliphatic rings. The van der Waals surface area contributed by atoms with Crippen molar-refractivity contribution in [2.45, 2.75) is 51.1 Å². The van der Waals surface area contributed by atoms with E-state index in [2.05, 4.69) is 47.8 Å². The fraction of sp³-hybridized carbons (Fsp3) is 0.500. The maximum Gasteiger partial charge on any atom is 0.0214 e. The lowest BCUT2D eigenvalue weighted by atomic mass is 9.82. The Bertz CT molecular complexity index is 609. The molecule has 110 valence electrons. The number of hydrogen-bond donors (Lipinski definition) is 1. The highest BCUT2D eigenvalue weighted by Gasteiger charge is 2.34. The van der Waals surface area contributed by atoms with E-state index in [1.807, 2.05) is 0 Å². The highest BCUT2D eigenvalue weighted by molar-refractivity contribution is 5.85. The molecule has 0 saturated heterocycles. The fourth-order valence-electron chi connectivity index (χ4n) is 4.11. The minimum atomic E-state index is 0.739. The molecule has 1 heteroatoms. The van der Waals surface area contributed by atoms with Crippen molar-refractivity contribution in [3.05, 3.63) is 48.0 Å². The van der Waals surface area contributed by atoms with Gasteiger partial charge in [0.05, 0.1) is 0 Å². The van der Waals surface area contributed by atoms with E-state index in [0.717, 1.165) is 24.4 Å². The third-order valence-corrected chi connectivity index (χ3v) is 5.46. The lowest BCUT2D eigenvalue weighted by molar-refractivity contribution is 0.260. The minimum absolute atomic E-state index is 0.739. The van der Waals surface area contributed by atoms with Crippen LogP contribution in [0.1, 0.15) is 44.1 Å². The van der Waals surface area contributed by atoms with Gasteiger partial charge in [0.15, 0.2) is 0 Å². The molecule has 1 nitrogen and oxygen atoms in total. The molecule has 2 aliphatic carbocycles. The van der Waals surface area contributed by atoms with Crippen molar-refractivity contribution in [1.82, 2.24) is 5.32 Å². The summed E-state index contributed by atoms with van der Waals surface area (Å²) in [4.78, 5) is 0. The summed E-state index contributed by atoms with van der Waals surface area (Å²) in [6.45, 7) is 1.02. The molecule has 0 aromatic heterocycles. The first-order chi connectivity index (χ1) is 10.4. The second-order valence-corrected chi connectivity index (χ2v) is 6.98. The first-order valence-corrected chi connectivity index (χ1v) is 8.60. The van der Waals surface area contributed by atoms with E-state index in [1.54, 1.807) is 0 Å². The highest BCUT2D eigenvalue weighted by atomic mass is 14.9. The van der Waals surface area contributed by atoms with Gasteiger partial charge in [-0.2, -0.15) is 0 Å². The SMILES string of the molecule is c1ccc2c(CNC3CCCC(C4CC4)C3)cccc2c1. The van der Waals surface area contributed by atoms with Crippen LogP contribution in [0.3, 0.4) is 0 Å². The number of hydrogen-bond acceptors (Lipinski definition) is 1. The van der Waals surface area contributed by atoms with Gasteiger partial charge in [-0.05, 0) is 53.9 Å². The molecule has 1 N–H and O–H groups in total. The smallest absolute Gasteiger partial charge is 0.0214 e. The Morgan fingerprint density at radius 3 is 2.62 bits per heavy atom. The quantitative estimate of drug-likeness (QED) is 0.839. The van der Waals surface area contributed by atoms with E-state index in [9.17, 15) is 0 Å². The molecule has 2 aromatic rings. The molecule has 4 rings (SSSR count). The van der Waals surface area contributed by atoms with Gasteiger partial charge in [0.2, 0.25) is 0 Å². The van der Waals surface area contributed by atoms with Crippen molar-refractivity contribution in [3.8, 4) is 0 Å². The summed E-state index contributed by atoms with van der Waals surface area (Å²) in [5.41, 5.74) is 1.45. The van der Waals surface area contributed by atoms with Gasteiger partial charge in [-0.1, -0.05) is 55.3 Å². The fourth-order valence-corrected chi connectivity index (χ4v) is 4.11. The third-order valence-electron chi connectivity index (χ3n) is 5.46. The third kappa shape index (κ3) is 2.98. The van der Waals surface area contributed by atoms with Crippen molar-refractivity contribution in [2.24, 2.45) is 11.8 Å². The number of nitrogens with one attached hydrogen (secondary N) is 1. The van der Waals surface area contributed by atoms with Crippen LogP contribution in [-0.4, -0.2) is 6.04 Å². The first kappa shape index (κ1) is 13.3. The summed E-state index contributed by atoms with van der Waals surface area (Å²) < 4.78 is 0. The van der Waals surface area contributed by atoms with Crippen molar-refractivity contribution < 1.29 is 0 Å². The lowest BCUT2D eigenvalue weighted by Crippen LogP contribution is -2.34.